The summed E-state index contributed by atoms with van der Waals surface area (Å²) in [6, 6.07) is 0. The van der Waals surface area contributed by atoms with Crippen LogP contribution in [0.5, 0.6) is 0 Å². The van der Waals surface area contributed by atoms with Gasteiger partial charge < -0.3 is 20.7 Å². The summed E-state index contributed by atoms with van der Waals surface area (Å²) in [6.07, 6.45) is 2.43. The molecule has 1 heterocycles. The van der Waals surface area contributed by atoms with E-state index in [4.69, 9.17) is 10.5 Å². The van der Waals surface area contributed by atoms with Gasteiger partial charge in [0.05, 0.1) is 13.2 Å². The quantitative estimate of drug-likeness (QED) is 0.296. The Labute approximate surface area is 140 Å². The molecule has 0 aliphatic carbocycles. The maximum absolute atomic E-state index is 5.80. The molecule has 1 fully saturated rings. The van der Waals surface area contributed by atoms with E-state index in [1.165, 1.54) is 12.8 Å². The zero-order valence-electron chi connectivity index (χ0n) is 12.7. The normalized spacial score (nSPS) is 17.6. The number of nitrogens with two attached hydrogens (primary N) is 1. The van der Waals surface area contributed by atoms with Crippen LogP contribution >= 0.6 is 24.0 Å². The third-order valence-corrected chi connectivity index (χ3v) is 3.41. The van der Waals surface area contributed by atoms with Crippen molar-refractivity contribution in [3.63, 3.8) is 0 Å². The van der Waals surface area contributed by atoms with Crippen LogP contribution in [0.3, 0.4) is 0 Å². The Balaban J connectivity index is 0.00000361. The lowest BCUT2D eigenvalue weighted by molar-refractivity contribution is 0.121. The summed E-state index contributed by atoms with van der Waals surface area (Å²) in [5.41, 5.74) is 6.83. The molecule has 0 aromatic heterocycles. The first kappa shape index (κ1) is 19.7. The Morgan fingerprint density at radius 1 is 1.45 bits per heavy atom. The van der Waals surface area contributed by atoms with Gasteiger partial charge in [-0.05, 0) is 38.8 Å². The minimum atomic E-state index is 0. The Kier molecular flexibility index (Phi) is 11.1. The Morgan fingerprint density at radius 3 is 2.65 bits per heavy atom. The number of aliphatic imine (C=N–C) groups is 1. The largest absolute Gasteiger partial charge is 0.383 e. The van der Waals surface area contributed by atoms with Gasteiger partial charge in [0, 0.05) is 20.2 Å². The van der Waals surface area contributed by atoms with Crippen LogP contribution in [0.25, 0.3) is 0 Å². The lowest BCUT2D eigenvalue weighted by Gasteiger charge is -2.31. The fraction of sp³-hybridized carbons (Fsp3) is 0.786. The molecule has 0 saturated carbocycles. The molecular formula is C14H29IN4O. The van der Waals surface area contributed by atoms with Crippen LogP contribution < -0.4 is 11.1 Å². The molecule has 0 aromatic carbocycles. The summed E-state index contributed by atoms with van der Waals surface area (Å²) in [5, 5.41) is 3.21. The topological polar surface area (TPSA) is 62.9 Å². The van der Waals surface area contributed by atoms with Gasteiger partial charge in [-0.2, -0.15) is 0 Å². The van der Waals surface area contributed by atoms with Gasteiger partial charge in [-0.25, -0.2) is 4.99 Å². The van der Waals surface area contributed by atoms with Crippen molar-refractivity contribution in [1.82, 2.24) is 10.2 Å². The first-order valence-electron chi connectivity index (χ1n) is 7.01. The SMILES string of the molecule is C=C(C)CN=C(N)NCC1CCN(CCOC)CC1.I. The van der Waals surface area contributed by atoms with Crippen molar-refractivity contribution < 1.29 is 4.74 Å². The van der Waals surface area contributed by atoms with Gasteiger partial charge >= 0.3 is 0 Å². The predicted octanol–water partition coefficient (Wildman–Crippen LogP) is 1.44. The van der Waals surface area contributed by atoms with Crippen LogP contribution in [0.1, 0.15) is 19.8 Å². The third-order valence-electron chi connectivity index (χ3n) is 3.41. The first-order chi connectivity index (χ1) is 9.11. The number of ether oxygens (including phenoxy) is 1. The Morgan fingerprint density at radius 2 is 2.10 bits per heavy atom. The highest BCUT2D eigenvalue weighted by molar-refractivity contribution is 14.0. The molecule has 1 rings (SSSR count). The van der Waals surface area contributed by atoms with Crippen LogP contribution in [0, 0.1) is 5.92 Å². The number of halogens is 1. The van der Waals surface area contributed by atoms with E-state index >= 15 is 0 Å². The van der Waals surface area contributed by atoms with E-state index < -0.39 is 0 Å². The molecule has 1 saturated heterocycles. The monoisotopic (exact) mass is 396 g/mol. The van der Waals surface area contributed by atoms with Gasteiger partial charge in [-0.15, -0.1) is 24.0 Å². The summed E-state index contributed by atoms with van der Waals surface area (Å²) < 4.78 is 5.10. The van der Waals surface area contributed by atoms with E-state index in [1.54, 1.807) is 7.11 Å². The van der Waals surface area contributed by atoms with E-state index in [0.29, 0.717) is 18.4 Å². The maximum Gasteiger partial charge on any atom is 0.188 e. The van der Waals surface area contributed by atoms with Crippen LogP contribution in [-0.2, 0) is 4.74 Å². The minimum Gasteiger partial charge on any atom is -0.383 e. The molecule has 0 spiro atoms. The number of piperidine rings is 1. The first-order valence-corrected chi connectivity index (χ1v) is 7.01. The molecular weight excluding hydrogens is 367 g/mol. The lowest BCUT2D eigenvalue weighted by atomic mass is 9.97. The molecule has 0 bridgehead atoms. The molecule has 0 atom stereocenters. The fourth-order valence-electron chi connectivity index (χ4n) is 2.16. The van der Waals surface area contributed by atoms with Crippen molar-refractivity contribution >= 4 is 29.9 Å². The number of hydrogen-bond donors (Lipinski definition) is 2. The highest BCUT2D eigenvalue weighted by atomic mass is 127. The van der Waals surface area contributed by atoms with Crippen molar-refractivity contribution in [2.75, 3.05) is 46.4 Å². The smallest absolute Gasteiger partial charge is 0.188 e. The van der Waals surface area contributed by atoms with Gasteiger partial charge in [0.15, 0.2) is 5.96 Å². The standard InChI is InChI=1S/C14H28N4O.HI/c1-12(2)10-16-14(15)17-11-13-4-6-18(7-5-13)8-9-19-3;/h13H,1,4-11H2,2-3H3,(H3,15,16,17);1H. The number of rotatable bonds is 7. The predicted molar refractivity (Wildman–Crippen MR) is 95.8 cm³/mol. The molecule has 20 heavy (non-hydrogen) atoms. The van der Waals surface area contributed by atoms with E-state index in [0.717, 1.165) is 38.4 Å². The molecule has 0 aromatic rings. The van der Waals surface area contributed by atoms with E-state index in [9.17, 15) is 0 Å². The zero-order valence-corrected chi connectivity index (χ0v) is 15.1. The average Bonchev–Trinajstić information content (AvgIpc) is 2.41. The van der Waals surface area contributed by atoms with Crippen LogP contribution in [0.2, 0.25) is 0 Å². The van der Waals surface area contributed by atoms with E-state index in [-0.39, 0.29) is 24.0 Å². The zero-order chi connectivity index (χ0) is 14.1. The summed E-state index contributed by atoms with van der Waals surface area (Å²) in [7, 11) is 1.75. The molecule has 6 heteroatoms. The second kappa shape index (κ2) is 11.3. The Hall–Kier alpha value is -0.340. The van der Waals surface area contributed by atoms with Crippen LogP contribution in [0.15, 0.2) is 17.1 Å². The van der Waals surface area contributed by atoms with Crippen LogP contribution in [-0.4, -0.2) is 57.3 Å². The van der Waals surface area contributed by atoms with Crippen molar-refractivity contribution in [3.05, 3.63) is 12.2 Å². The fourth-order valence-corrected chi connectivity index (χ4v) is 2.16. The molecule has 0 unspecified atom stereocenters. The summed E-state index contributed by atoms with van der Waals surface area (Å²) in [4.78, 5) is 6.68. The van der Waals surface area contributed by atoms with Crippen molar-refractivity contribution in [3.8, 4) is 0 Å². The lowest BCUT2D eigenvalue weighted by Crippen LogP contribution is -2.41. The van der Waals surface area contributed by atoms with Gasteiger partial charge in [-0.1, -0.05) is 12.2 Å². The molecule has 5 nitrogen and oxygen atoms in total. The molecule has 118 valence electrons. The number of methoxy groups -OCH3 is 1. The van der Waals surface area contributed by atoms with E-state index in [2.05, 4.69) is 21.8 Å². The number of guanidine groups is 1. The molecule has 0 amide bonds. The highest BCUT2D eigenvalue weighted by Crippen LogP contribution is 2.15. The van der Waals surface area contributed by atoms with Crippen LogP contribution in [0.4, 0.5) is 0 Å². The minimum absolute atomic E-state index is 0. The molecule has 0 radical (unpaired) electrons. The number of nitrogens with one attached hydrogen (secondary N) is 1. The van der Waals surface area contributed by atoms with Crippen molar-refractivity contribution in [1.29, 1.82) is 0 Å². The van der Waals surface area contributed by atoms with Gasteiger partial charge in [0.25, 0.3) is 0 Å². The maximum atomic E-state index is 5.80. The van der Waals surface area contributed by atoms with Crippen molar-refractivity contribution in [2.45, 2.75) is 19.8 Å². The van der Waals surface area contributed by atoms with Gasteiger partial charge in [0.2, 0.25) is 0 Å². The highest BCUT2D eigenvalue weighted by Gasteiger charge is 2.18. The van der Waals surface area contributed by atoms with Gasteiger partial charge in [0.1, 0.15) is 0 Å². The molecule has 1 aliphatic heterocycles. The number of hydrogen-bond acceptors (Lipinski definition) is 3. The summed E-state index contributed by atoms with van der Waals surface area (Å²) in [6.45, 7) is 11.4. The second-order valence-electron chi connectivity index (χ2n) is 5.32. The number of nitrogens with zero attached hydrogens (tertiary/aromatic N) is 2. The Bertz CT molecular complexity index is 302. The summed E-state index contributed by atoms with van der Waals surface area (Å²) >= 11 is 0. The second-order valence-corrected chi connectivity index (χ2v) is 5.32. The van der Waals surface area contributed by atoms with Gasteiger partial charge in [-0.3, -0.25) is 0 Å². The third kappa shape index (κ3) is 8.76. The number of likely N-dealkylation sites (tertiary alicyclic amines) is 1. The average molecular weight is 396 g/mol. The molecule has 1 aliphatic rings. The van der Waals surface area contributed by atoms with E-state index in [1.807, 2.05) is 6.92 Å². The summed E-state index contributed by atoms with van der Waals surface area (Å²) in [5.74, 6) is 1.22. The van der Waals surface area contributed by atoms with Crippen molar-refractivity contribution in [2.24, 2.45) is 16.6 Å². The molecule has 3 N–H and O–H groups in total.